The molecule has 0 saturated carbocycles. The van der Waals surface area contributed by atoms with E-state index in [4.69, 9.17) is 53.4 Å². The van der Waals surface area contributed by atoms with Gasteiger partial charge in [0, 0.05) is 28.7 Å². The van der Waals surface area contributed by atoms with E-state index >= 15 is 0 Å². The number of cyclic esters (lactones) is 1. The Bertz CT molecular complexity index is 1460. The number of hydrogen-bond acceptors (Lipinski definition) is 9. The summed E-state index contributed by atoms with van der Waals surface area (Å²) in [5.41, 5.74) is -1.08. The molecule has 52 heavy (non-hydrogen) atoms. The molecule has 0 aliphatic carbocycles. The lowest BCUT2D eigenvalue weighted by Crippen LogP contribution is -2.52. The maximum absolute atomic E-state index is 14.5. The van der Waals surface area contributed by atoms with E-state index in [1.165, 1.54) is 23.5 Å². The zero-order chi connectivity index (χ0) is 39.7. The number of ether oxygens (including phenoxy) is 3. The first-order valence-electron chi connectivity index (χ1n) is 17.3. The molecular formula is C36H51Cl3F3NO7SSi. The average Bonchev–Trinajstić information content (AvgIpc) is 3.47. The molecule has 0 spiro atoms. The first-order chi connectivity index (χ1) is 24.0. The van der Waals surface area contributed by atoms with Crippen LogP contribution in [-0.2, 0) is 28.2 Å². The zero-order valence-corrected chi connectivity index (χ0v) is 35.3. The van der Waals surface area contributed by atoms with Gasteiger partial charge in [-0.3, -0.25) is 9.59 Å². The van der Waals surface area contributed by atoms with E-state index < -0.39 is 90.4 Å². The summed E-state index contributed by atoms with van der Waals surface area (Å²) >= 11 is 18.6. The number of nitrogens with zero attached hydrogens (tertiary/aromatic N) is 1. The van der Waals surface area contributed by atoms with E-state index in [0.717, 1.165) is 29.2 Å². The second kappa shape index (κ2) is 19.6. The first-order valence-corrected chi connectivity index (χ1v) is 21.9. The maximum Gasteiger partial charge on any atom is 0.508 e. The Kier molecular flexibility index (Phi) is 17.4. The van der Waals surface area contributed by atoms with E-state index in [0.29, 0.717) is 11.3 Å². The monoisotopic (exact) mass is 831 g/mol. The van der Waals surface area contributed by atoms with E-state index in [1.807, 2.05) is 27.7 Å². The molecule has 0 bridgehead atoms. The summed E-state index contributed by atoms with van der Waals surface area (Å²) in [6.45, 7) is 15.4. The van der Waals surface area contributed by atoms with Crippen LogP contribution in [0, 0.1) is 24.2 Å². The summed E-state index contributed by atoms with van der Waals surface area (Å²) < 4.78 is 64.4. The number of thiazole rings is 1. The second-order valence-corrected chi connectivity index (χ2v) is 22.1. The van der Waals surface area contributed by atoms with Gasteiger partial charge in [0.25, 0.3) is 0 Å². The standard InChI is InChI=1S/C36H51Cl3F3NO7SSi/c1-10-52(11-2,12-3)50-29-19-30(44)48-28(23(5)18-27-20-51-25(7)43-27)17-16-26(36(40,41)42)15-13-14-22(4)31(24(6)32(45)34(29,8)9)49-33(46)47-21-35(37,38)39/h13-14,16,18,20,22,24,28-29,31H,10-12,15,17,19,21H2,1-9H3/b14-13+,23-18+,26-16+/t22-,24+,28-,29-,31-/m0/s1. The van der Waals surface area contributed by atoms with E-state index in [-0.39, 0.29) is 12.8 Å². The SMILES string of the molecule is CC[Si](CC)(CC)O[C@H]1CC(=O)O[C@H](/C(C)=C/c2csc(C)n2)C/C=C(/C(F)(F)F)C/C=C/[C@H](C)[C@H](OC(=O)OCC(Cl)(Cl)Cl)[C@@H](C)C(=O)C1(C)C. The molecule has 0 N–H and O–H groups in total. The third-order valence-electron chi connectivity index (χ3n) is 9.64. The van der Waals surface area contributed by atoms with Crippen LogP contribution in [0.3, 0.4) is 0 Å². The van der Waals surface area contributed by atoms with Crippen LogP contribution in [0.1, 0.15) is 85.4 Å². The smallest absolute Gasteiger partial charge is 0.457 e. The molecule has 1 aliphatic heterocycles. The number of hydrogen-bond donors (Lipinski definition) is 0. The predicted molar refractivity (Wildman–Crippen MR) is 203 cm³/mol. The lowest BCUT2D eigenvalue weighted by atomic mass is 9.73. The summed E-state index contributed by atoms with van der Waals surface area (Å²) in [5.74, 6) is -2.94. The zero-order valence-electron chi connectivity index (χ0n) is 31.2. The molecule has 0 radical (unpaired) electrons. The number of alkyl halides is 6. The molecule has 1 aliphatic rings. The Morgan fingerprint density at radius 3 is 2.27 bits per heavy atom. The largest absolute Gasteiger partial charge is 0.508 e. The van der Waals surface area contributed by atoms with Crippen LogP contribution in [-0.4, -0.2) is 66.1 Å². The molecular weight excluding hydrogens is 782 g/mol. The second-order valence-electron chi connectivity index (χ2n) is 13.8. The quantitative estimate of drug-likeness (QED) is 0.105. The molecule has 0 saturated heterocycles. The fourth-order valence-corrected chi connectivity index (χ4v) is 9.85. The van der Waals surface area contributed by atoms with Crippen LogP contribution in [0.4, 0.5) is 18.0 Å². The average molecular weight is 833 g/mol. The molecule has 16 heteroatoms. The fourth-order valence-electron chi connectivity index (χ4n) is 6.13. The van der Waals surface area contributed by atoms with Gasteiger partial charge >= 0.3 is 18.3 Å². The summed E-state index contributed by atoms with van der Waals surface area (Å²) in [5, 5.41) is 2.61. The van der Waals surface area contributed by atoms with E-state index in [9.17, 15) is 27.6 Å². The Labute approximate surface area is 325 Å². The van der Waals surface area contributed by atoms with Crippen molar-refractivity contribution in [2.45, 2.75) is 128 Å². The number of carbonyl (C=O) groups is 3. The highest BCUT2D eigenvalue weighted by atomic mass is 35.6. The number of ketones is 1. The lowest BCUT2D eigenvalue weighted by Gasteiger charge is -2.42. The molecule has 0 aromatic carbocycles. The minimum atomic E-state index is -4.70. The van der Waals surface area contributed by atoms with Crippen molar-refractivity contribution in [1.82, 2.24) is 4.98 Å². The number of aryl methyl sites for hydroxylation is 1. The van der Waals surface area contributed by atoms with Crippen molar-refractivity contribution in [3.63, 3.8) is 0 Å². The topological polar surface area (TPSA) is 101 Å². The number of aromatic nitrogens is 1. The number of esters is 1. The third kappa shape index (κ3) is 13.7. The van der Waals surface area contributed by atoms with Crippen molar-refractivity contribution in [3.8, 4) is 0 Å². The van der Waals surface area contributed by atoms with Crippen molar-refractivity contribution >= 4 is 78.4 Å². The molecule has 1 aromatic heterocycles. The summed E-state index contributed by atoms with van der Waals surface area (Å²) in [6.07, 6.45) is -4.82. The number of carbonyl (C=O) groups excluding carboxylic acids is 3. The Morgan fingerprint density at radius 1 is 1.13 bits per heavy atom. The molecule has 0 fully saturated rings. The highest BCUT2D eigenvalue weighted by Crippen LogP contribution is 2.39. The van der Waals surface area contributed by atoms with E-state index in [1.54, 1.807) is 46.1 Å². The normalized spacial score (nSPS) is 26.2. The molecule has 0 amide bonds. The minimum Gasteiger partial charge on any atom is -0.457 e. The van der Waals surface area contributed by atoms with Gasteiger partial charge in [-0.2, -0.15) is 13.2 Å². The number of allylic oxidation sites excluding steroid dienone is 2. The van der Waals surface area contributed by atoms with Crippen LogP contribution in [0.2, 0.25) is 18.1 Å². The van der Waals surface area contributed by atoms with Gasteiger partial charge < -0.3 is 18.6 Å². The van der Waals surface area contributed by atoms with Gasteiger partial charge in [-0.05, 0) is 50.0 Å². The fraction of sp³-hybridized carbons (Fsp3) is 0.667. The summed E-state index contributed by atoms with van der Waals surface area (Å²) in [7, 11) is -2.47. The molecule has 0 unspecified atom stereocenters. The van der Waals surface area contributed by atoms with Crippen molar-refractivity contribution < 1.29 is 46.2 Å². The molecule has 294 valence electrons. The molecule has 2 heterocycles. The van der Waals surface area contributed by atoms with Crippen LogP contribution < -0.4 is 0 Å². The third-order valence-corrected chi connectivity index (χ3v) is 15.4. The van der Waals surface area contributed by atoms with Crippen molar-refractivity contribution in [1.29, 1.82) is 0 Å². The Hall–Kier alpha value is -1.90. The van der Waals surface area contributed by atoms with Crippen LogP contribution >= 0.6 is 46.1 Å². The predicted octanol–water partition coefficient (Wildman–Crippen LogP) is 11.1. The molecule has 5 atom stereocenters. The minimum absolute atomic E-state index is 0.265. The summed E-state index contributed by atoms with van der Waals surface area (Å²) in [4.78, 5) is 45.6. The number of Topliss-reactive ketones (excluding diaryl/α,β-unsaturated/α-hetero) is 1. The molecule has 1 aromatic rings. The van der Waals surface area contributed by atoms with Crippen molar-refractivity contribution in [3.05, 3.63) is 45.5 Å². The Balaban J connectivity index is 2.74. The van der Waals surface area contributed by atoms with Crippen molar-refractivity contribution in [2.24, 2.45) is 17.3 Å². The van der Waals surface area contributed by atoms with Crippen molar-refractivity contribution in [2.75, 3.05) is 6.61 Å². The van der Waals surface area contributed by atoms with E-state index in [2.05, 4.69) is 4.98 Å². The highest BCUT2D eigenvalue weighted by Gasteiger charge is 2.48. The molecule has 2 rings (SSSR count). The van der Waals surface area contributed by atoms with Gasteiger partial charge in [0.05, 0.1) is 29.1 Å². The van der Waals surface area contributed by atoms with Gasteiger partial charge in [-0.25, -0.2) is 9.78 Å². The maximum atomic E-state index is 14.5. The van der Waals surface area contributed by atoms with Gasteiger partial charge in [0.1, 0.15) is 24.6 Å². The number of rotatable bonds is 9. The number of halogens is 6. The summed E-state index contributed by atoms with van der Waals surface area (Å²) in [6, 6.07) is 2.16. The first kappa shape index (κ1) is 46.3. The Morgan fingerprint density at radius 2 is 1.75 bits per heavy atom. The van der Waals surface area contributed by atoms with Gasteiger partial charge in [0.15, 0.2) is 8.32 Å². The lowest BCUT2D eigenvalue weighted by molar-refractivity contribution is -0.153. The van der Waals surface area contributed by atoms with Gasteiger partial charge in [-0.1, -0.05) is 101 Å². The van der Waals surface area contributed by atoms with Gasteiger partial charge in [-0.15, -0.1) is 11.3 Å². The van der Waals surface area contributed by atoms with Gasteiger partial charge in [0.2, 0.25) is 3.79 Å². The van der Waals surface area contributed by atoms with Crippen LogP contribution in [0.15, 0.2) is 34.8 Å². The van der Waals surface area contributed by atoms with Crippen LogP contribution in [0.25, 0.3) is 6.08 Å². The molecule has 8 nitrogen and oxygen atoms in total. The highest BCUT2D eigenvalue weighted by molar-refractivity contribution is 7.09. The van der Waals surface area contributed by atoms with Crippen LogP contribution in [0.5, 0.6) is 0 Å².